The number of nitrogens with two attached hydrogens (primary N) is 1. The molecular formula is C15H16ClFN2. The van der Waals surface area contributed by atoms with E-state index in [1.165, 1.54) is 17.7 Å². The van der Waals surface area contributed by atoms with Crippen molar-refractivity contribution in [2.75, 3.05) is 11.1 Å². The molecule has 3 N–H and O–H groups in total. The van der Waals surface area contributed by atoms with Crippen LogP contribution in [0.5, 0.6) is 0 Å². The van der Waals surface area contributed by atoms with Crippen molar-refractivity contribution in [3.05, 3.63) is 52.8 Å². The van der Waals surface area contributed by atoms with Gasteiger partial charge in [-0.05, 0) is 29.7 Å². The molecule has 0 aliphatic heterocycles. The second kappa shape index (κ2) is 5.49. The van der Waals surface area contributed by atoms with Crippen LogP contribution in [0.25, 0.3) is 0 Å². The molecule has 0 bridgehead atoms. The van der Waals surface area contributed by atoms with Crippen LogP contribution in [0, 0.1) is 5.82 Å². The summed E-state index contributed by atoms with van der Waals surface area (Å²) in [5.74, 6) is -0.0561. The fourth-order valence-corrected chi connectivity index (χ4v) is 1.97. The van der Waals surface area contributed by atoms with E-state index in [0.717, 1.165) is 5.69 Å². The maximum Gasteiger partial charge on any atom is 0.144 e. The van der Waals surface area contributed by atoms with Crippen LogP contribution >= 0.6 is 11.6 Å². The lowest BCUT2D eigenvalue weighted by molar-refractivity contribution is 0.629. The van der Waals surface area contributed by atoms with E-state index in [1.807, 2.05) is 18.2 Å². The highest BCUT2D eigenvalue weighted by Gasteiger charge is 2.07. The molecule has 0 atom stereocenters. The second-order valence-electron chi connectivity index (χ2n) is 4.76. The van der Waals surface area contributed by atoms with Gasteiger partial charge in [-0.1, -0.05) is 37.6 Å². The van der Waals surface area contributed by atoms with Gasteiger partial charge in [-0.2, -0.15) is 0 Å². The van der Waals surface area contributed by atoms with E-state index in [0.29, 0.717) is 17.3 Å². The van der Waals surface area contributed by atoms with Crippen LogP contribution in [0.15, 0.2) is 36.4 Å². The van der Waals surface area contributed by atoms with Gasteiger partial charge in [0.15, 0.2) is 0 Å². The molecule has 2 rings (SSSR count). The molecule has 2 aromatic rings. The molecule has 2 aromatic carbocycles. The van der Waals surface area contributed by atoms with Crippen molar-refractivity contribution in [1.29, 1.82) is 0 Å². The molecule has 0 saturated heterocycles. The average molecular weight is 279 g/mol. The van der Waals surface area contributed by atoms with E-state index < -0.39 is 5.82 Å². The summed E-state index contributed by atoms with van der Waals surface area (Å²) in [6.45, 7) is 4.24. The van der Waals surface area contributed by atoms with Crippen molar-refractivity contribution in [3.63, 3.8) is 0 Å². The van der Waals surface area contributed by atoms with Gasteiger partial charge in [-0.3, -0.25) is 0 Å². The average Bonchev–Trinajstić information content (AvgIpc) is 2.36. The lowest BCUT2D eigenvalue weighted by Gasteiger charge is -2.12. The first-order valence-electron chi connectivity index (χ1n) is 6.09. The van der Waals surface area contributed by atoms with Crippen molar-refractivity contribution in [2.45, 2.75) is 19.8 Å². The number of hydrogen-bond donors (Lipinski definition) is 2. The molecule has 19 heavy (non-hydrogen) atoms. The molecule has 0 fully saturated rings. The van der Waals surface area contributed by atoms with Gasteiger partial charge in [0.05, 0.1) is 16.4 Å². The van der Waals surface area contributed by atoms with E-state index in [-0.39, 0.29) is 5.02 Å². The fraction of sp³-hybridized carbons (Fsp3) is 0.200. The van der Waals surface area contributed by atoms with Gasteiger partial charge in [-0.15, -0.1) is 0 Å². The minimum absolute atomic E-state index is 0.0268. The first-order valence-corrected chi connectivity index (χ1v) is 6.46. The summed E-state index contributed by atoms with van der Waals surface area (Å²) in [6, 6.07) is 10.7. The third kappa shape index (κ3) is 3.18. The highest BCUT2D eigenvalue weighted by molar-refractivity contribution is 6.31. The molecule has 0 saturated carbocycles. The van der Waals surface area contributed by atoms with Gasteiger partial charge in [-0.25, -0.2) is 4.39 Å². The van der Waals surface area contributed by atoms with Gasteiger partial charge < -0.3 is 11.1 Å². The first kappa shape index (κ1) is 13.7. The predicted molar refractivity (Wildman–Crippen MR) is 79.6 cm³/mol. The third-order valence-electron chi connectivity index (χ3n) is 2.92. The van der Waals surface area contributed by atoms with E-state index in [2.05, 4.69) is 25.2 Å². The molecule has 0 amide bonds. The minimum atomic E-state index is -0.488. The van der Waals surface area contributed by atoms with Gasteiger partial charge in [0.1, 0.15) is 5.82 Å². The number of hydrogen-bond acceptors (Lipinski definition) is 2. The van der Waals surface area contributed by atoms with Crippen molar-refractivity contribution in [2.24, 2.45) is 0 Å². The Morgan fingerprint density at radius 2 is 1.95 bits per heavy atom. The molecule has 0 spiro atoms. The Labute approximate surface area is 117 Å². The number of benzene rings is 2. The standard InChI is InChI=1S/C15H16ClFN2/c1-9(2)10-4-3-5-11(6-10)19-15-8-13(17)12(16)7-14(15)18/h3-9,19H,18H2,1-2H3. The topological polar surface area (TPSA) is 38.0 Å². The predicted octanol–water partition coefficient (Wildman–Crippen LogP) is 4.93. The van der Waals surface area contributed by atoms with Crippen LogP contribution < -0.4 is 11.1 Å². The maximum atomic E-state index is 13.4. The van der Waals surface area contributed by atoms with Crippen LogP contribution in [-0.2, 0) is 0 Å². The smallest absolute Gasteiger partial charge is 0.144 e. The van der Waals surface area contributed by atoms with Crippen molar-refractivity contribution in [1.82, 2.24) is 0 Å². The van der Waals surface area contributed by atoms with Crippen LogP contribution in [0.2, 0.25) is 5.02 Å². The van der Waals surface area contributed by atoms with E-state index in [9.17, 15) is 4.39 Å². The molecule has 0 aliphatic rings. The number of rotatable bonds is 3. The SMILES string of the molecule is CC(C)c1cccc(Nc2cc(F)c(Cl)cc2N)c1. The van der Waals surface area contributed by atoms with Gasteiger partial charge in [0, 0.05) is 11.8 Å². The summed E-state index contributed by atoms with van der Waals surface area (Å²) in [7, 11) is 0. The molecule has 4 heteroatoms. The van der Waals surface area contributed by atoms with Gasteiger partial charge in [0.2, 0.25) is 0 Å². The van der Waals surface area contributed by atoms with Crippen molar-refractivity contribution >= 4 is 28.7 Å². The number of halogens is 2. The molecular weight excluding hydrogens is 263 g/mol. The third-order valence-corrected chi connectivity index (χ3v) is 3.21. The van der Waals surface area contributed by atoms with Crippen LogP contribution in [0.4, 0.5) is 21.5 Å². The summed E-state index contributed by atoms with van der Waals surface area (Å²) in [4.78, 5) is 0. The molecule has 0 heterocycles. The molecule has 0 radical (unpaired) electrons. The zero-order valence-electron chi connectivity index (χ0n) is 10.9. The quantitative estimate of drug-likeness (QED) is 0.782. The Kier molecular flexibility index (Phi) is 3.96. The van der Waals surface area contributed by atoms with E-state index in [4.69, 9.17) is 17.3 Å². The highest BCUT2D eigenvalue weighted by atomic mass is 35.5. The molecule has 2 nitrogen and oxygen atoms in total. The monoisotopic (exact) mass is 278 g/mol. The normalized spacial score (nSPS) is 10.8. The highest BCUT2D eigenvalue weighted by Crippen LogP contribution is 2.29. The number of nitrogen functional groups attached to an aromatic ring is 1. The summed E-state index contributed by atoms with van der Waals surface area (Å²) >= 11 is 5.67. The molecule has 100 valence electrons. The first-order chi connectivity index (χ1) is 8.97. The van der Waals surface area contributed by atoms with Gasteiger partial charge in [0.25, 0.3) is 0 Å². The summed E-state index contributed by atoms with van der Waals surface area (Å²) in [6.07, 6.45) is 0. The zero-order valence-corrected chi connectivity index (χ0v) is 11.6. The lowest BCUT2D eigenvalue weighted by atomic mass is 10.0. The van der Waals surface area contributed by atoms with Crippen LogP contribution in [-0.4, -0.2) is 0 Å². The lowest BCUT2D eigenvalue weighted by Crippen LogP contribution is -1.98. The van der Waals surface area contributed by atoms with Crippen molar-refractivity contribution < 1.29 is 4.39 Å². The Bertz CT molecular complexity index is 597. The number of nitrogens with one attached hydrogen (secondary N) is 1. The van der Waals surface area contributed by atoms with Crippen LogP contribution in [0.3, 0.4) is 0 Å². The number of anilines is 3. The fourth-order valence-electron chi connectivity index (χ4n) is 1.80. The maximum absolute atomic E-state index is 13.4. The van der Waals surface area contributed by atoms with E-state index in [1.54, 1.807) is 0 Å². The summed E-state index contributed by atoms with van der Waals surface area (Å²) in [5.41, 5.74) is 8.84. The molecule has 0 unspecified atom stereocenters. The minimum Gasteiger partial charge on any atom is -0.397 e. The Hall–Kier alpha value is -1.74. The summed E-state index contributed by atoms with van der Waals surface area (Å²) in [5, 5.41) is 3.14. The Balaban J connectivity index is 2.31. The zero-order chi connectivity index (χ0) is 14.0. The summed E-state index contributed by atoms with van der Waals surface area (Å²) < 4.78 is 13.4. The molecule has 0 aliphatic carbocycles. The Morgan fingerprint density at radius 3 is 2.63 bits per heavy atom. The molecule has 0 aromatic heterocycles. The second-order valence-corrected chi connectivity index (χ2v) is 5.17. The van der Waals surface area contributed by atoms with Crippen molar-refractivity contribution in [3.8, 4) is 0 Å². The van der Waals surface area contributed by atoms with E-state index >= 15 is 0 Å². The van der Waals surface area contributed by atoms with Crippen LogP contribution in [0.1, 0.15) is 25.3 Å². The van der Waals surface area contributed by atoms with Gasteiger partial charge >= 0.3 is 0 Å². The Morgan fingerprint density at radius 1 is 1.21 bits per heavy atom. The largest absolute Gasteiger partial charge is 0.397 e.